The van der Waals surface area contributed by atoms with Crippen molar-refractivity contribution in [1.82, 2.24) is 25.3 Å². The second-order valence-corrected chi connectivity index (χ2v) is 3.99. The number of hydrogen-bond acceptors (Lipinski definition) is 7. The van der Waals surface area contributed by atoms with Gasteiger partial charge in [-0.1, -0.05) is 0 Å². The summed E-state index contributed by atoms with van der Waals surface area (Å²) >= 11 is 0. The van der Waals surface area contributed by atoms with Crippen molar-refractivity contribution in [3.63, 3.8) is 0 Å². The van der Waals surface area contributed by atoms with E-state index in [-0.39, 0.29) is 0 Å². The van der Waals surface area contributed by atoms with Crippen molar-refractivity contribution in [3.05, 3.63) is 30.4 Å². The Morgan fingerprint density at radius 2 is 2.10 bits per heavy atom. The Hall–Kier alpha value is -2.12. The van der Waals surface area contributed by atoms with Gasteiger partial charge >= 0.3 is 0 Å². The maximum Gasteiger partial charge on any atom is 0.216 e. The van der Waals surface area contributed by atoms with Crippen molar-refractivity contribution in [2.75, 3.05) is 27.4 Å². The zero-order chi connectivity index (χ0) is 14.2. The summed E-state index contributed by atoms with van der Waals surface area (Å²) in [5, 5.41) is 3.23. The van der Waals surface area contributed by atoms with Crippen LogP contribution in [0.2, 0.25) is 0 Å². The first-order valence-electron chi connectivity index (χ1n) is 6.21. The summed E-state index contributed by atoms with van der Waals surface area (Å²) in [5.41, 5.74) is 1.53. The molecular formula is C13H17N5O2. The summed E-state index contributed by atoms with van der Waals surface area (Å²) in [7, 11) is 3.23. The summed E-state index contributed by atoms with van der Waals surface area (Å²) in [6, 6.07) is 3.57. The van der Waals surface area contributed by atoms with Crippen LogP contribution in [0.5, 0.6) is 5.88 Å². The molecule has 0 radical (unpaired) electrons. The molecule has 2 aromatic rings. The Balaban J connectivity index is 2.08. The molecule has 0 atom stereocenters. The average molecular weight is 275 g/mol. The van der Waals surface area contributed by atoms with E-state index in [1.807, 2.05) is 6.07 Å². The summed E-state index contributed by atoms with van der Waals surface area (Å²) in [5.74, 6) is 1.04. The van der Waals surface area contributed by atoms with Crippen LogP contribution in [0.4, 0.5) is 0 Å². The van der Waals surface area contributed by atoms with Crippen molar-refractivity contribution in [2.45, 2.75) is 6.54 Å². The molecule has 2 aromatic heterocycles. The molecule has 106 valence electrons. The van der Waals surface area contributed by atoms with E-state index in [2.05, 4.69) is 25.3 Å². The lowest BCUT2D eigenvalue weighted by Crippen LogP contribution is -2.19. The first-order valence-corrected chi connectivity index (χ1v) is 6.21. The van der Waals surface area contributed by atoms with E-state index < -0.39 is 0 Å². The van der Waals surface area contributed by atoms with Crippen LogP contribution in [0.15, 0.2) is 24.7 Å². The number of ether oxygens (including phenoxy) is 2. The number of nitrogens with zero attached hydrogens (tertiary/aromatic N) is 4. The summed E-state index contributed by atoms with van der Waals surface area (Å²) in [4.78, 5) is 16.8. The third kappa shape index (κ3) is 3.94. The van der Waals surface area contributed by atoms with Crippen LogP contribution >= 0.6 is 0 Å². The molecule has 0 bridgehead atoms. The topological polar surface area (TPSA) is 82.0 Å². The number of methoxy groups -OCH3 is 2. The van der Waals surface area contributed by atoms with Gasteiger partial charge in [0, 0.05) is 32.5 Å². The van der Waals surface area contributed by atoms with Gasteiger partial charge < -0.3 is 14.8 Å². The predicted octanol–water partition coefficient (Wildman–Crippen LogP) is 0.678. The van der Waals surface area contributed by atoms with Gasteiger partial charge in [0.15, 0.2) is 5.82 Å². The largest absolute Gasteiger partial charge is 0.481 e. The first-order chi connectivity index (χ1) is 9.83. The standard InChI is InChI=1S/C13H17N5O2/c1-19-6-5-14-8-10-3-4-15-13(18-10)11-7-12(20-2)17-9-16-11/h3-4,7,9,14H,5-6,8H2,1-2H3. The highest BCUT2D eigenvalue weighted by Gasteiger charge is 2.06. The van der Waals surface area contributed by atoms with Crippen LogP contribution in [0.1, 0.15) is 5.69 Å². The number of hydrogen-bond donors (Lipinski definition) is 1. The lowest BCUT2D eigenvalue weighted by Gasteiger charge is -2.05. The lowest BCUT2D eigenvalue weighted by atomic mass is 10.3. The molecule has 0 aromatic carbocycles. The van der Waals surface area contributed by atoms with Gasteiger partial charge in [-0.2, -0.15) is 0 Å². The molecule has 7 nitrogen and oxygen atoms in total. The molecular weight excluding hydrogens is 258 g/mol. The minimum Gasteiger partial charge on any atom is -0.481 e. The molecule has 0 fully saturated rings. The van der Waals surface area contributed by atoms with Crippen molar-refractivity contribution in [1.29, 1.82) is 0 Å². The second-order valence-electron chi connectivity index (χ2n) is 3.99. The summed E-state index contributed by atoms with van der Waals surface area (Å²) < 4.78 is 10.0. The maximum atomic E-state index is 5.07. The molecule has 0 aliphatic carbocycles. The van der Waals surface area contributed by atoms with E-state index in [0.717, 1.165) is 12.2 Å². The van der Waals surface area contributed by atoms with Crippen LogP contribution in [-0.4, -0.2) is 47.3 Å². The van der Waals surface area contributed by atoms with Crippen LogP contribution < -0.4 is 10.1 Å². The molecule has 7 heteroatoms. The third-order valence-corrected chi connectivity index (χ3v) is 2.58. The van der Waals surface area contributed by atoms with Crippen molar-refractivity contribution in [3.8, 4) is 17.4 Å². The van der Waals surface area contributed by atoms with Gasteiger partial charge in [-0.25, -0.2) is 19.9 Å². The Morgan fingerprint density at radius 3 is 2.90 bits per heavy atom. The van der Waals surface area contributed by atoms with Gasteiger partial charge in [0.2, 0.25) is 5.88 Å². The molecule has 20 heavy (non-hydrogen) atoms. The zero-order valence-electron chi connectivity index (χ0n) is 11.5. The van der Waals surface area contributed by atoms with Crippen LogP contribution in [-0.2, 0) is 11.3 Å². The van der Waals surface area contributed by atoms with Crippen molar-refractivity contribution >= 4 is 0 Å². The van der Waals surface area contributed by atoms with Gasteiger partial charge in [0.1, 0.15) is 12.0 Å². The highest BCUT2D eigenvalue weighted by atomic mass is 16.5. The molecule has 0 aliphatic rings. The molecule has 1 N–H and O–H groups in total. The smallest absolute Gasteiger partial charge is 0.216 e. The van der Waals surface area contributed by atoms with E-state index in [1.54, 1.807) is 26.5 Å². The van der Waals surface area contributed by atoms with Crippen LogP contribution in [0.25, 0.3) is 11.5 Å². The molecule has 0 saturated heterocycles. The fraction of sp³-hybridized carbons (Fsp3) is 0.385. The maximum absolute atomic E-state index is 5.07. The minimum atomic E-state index is 0.488. The molecule has 2 rings (SSSR count). The van der Waals surface area contributed by atoms with E-state index in [9.17, 15) is 0 Å². The SMILES string of the molecule is COCCNCc1ccnc(-c2cc(OC)ncn2)n1. The normalized spacial score (nSPS) is 10.5. The number of rotatable bonds is 7. The predicted molar refractivity (Wildman–Crippen MR) is 73.2 cm³/mol. The fourth-order valence-electron chi connectivity index (χ4n) is 1.58. The lowest BCUT2D eigenvalue weighted by molar-refractivity contribution is 0.199. The average Bonchev–Trinajstić information content (AvgIpc) is 2.52. The highest BCUT2D eigenvalue weighted by molar-refractivity contribution is 5.49. The van der Waals surface area contributed by atoms with Gasteiger partial charge in [-0.3, -0.25) is 0 Å². The Kier molecular flexibility index (Phi) is 5.33. The van der Waals surface area contributed by atoms with Gasteiger partial charge in [0.05, 0.1) is 19.4 Å². The monoisotopic (exact) mass is 275 g/mol. The summed E-state index contributed by atoms with van der Waals surface area (Å²) in [6.07, 6.45) is 3.14. The molecule has 2 heterocycles. The minimum absolute atomic E-state index is 0.488. The molecule has 0 amide bonds. The Morgan fingerprint density at radius 1 is 1.20 bits per heavy atom. The third-order valence-electron chi connectivity index (χ3n) is 2.58. The first kappa shape index (κ1) is 14.3. The molecule has 0 spiro atoms. The highest BCUT2D eigenvalue weighted by Crippen LogP contribution is 2.15. The van der Waals surface area contributed by atoms with Gasteiger partial charge in [0.25, 0.3) is 0 Å². The van der Waals surface area contributed by atoms with E-state index in [1.165, 1.54) is 6.33 Å². The number of aromatic nitrogens is 4. The second kappa shape index (κ2) is 7.46. The summed E-state index contributed by atoms with van der Waals surface area (Å²) in [6.45, 7) is 2.10. The zero-order valence-corrected chi connectivity index (χ0v) is 11.5. The Labute approximate surface area is 117 Å². The van der Waals surface area contributed by atoms with Crippen LogP contribution in [0, 0.1) is 0 Å². The molecule has 0 saturated carbocycles. The van der Waals surface area contributed by atoms with E-state index in [0.29, 0.717) is 30.5 Å². The van der Waals surface area contributed by atoms with Gasteiger partial charge in [-0.05, 0) is 6.07 Å². The molecule has 0 aliphatic heterocycles. The van der Waals surface area contributed by atoms with Crippen molar-refractivity contribution in [2.24, 2.45) is 0 Å². The Bertz CT molecular complexity index is 550. The molecule has 0 unspecified atom stereocenters. The van der Waals surface area contributed by atoms with Gasteiger partial charge in [-0.15, -0.1) is 0 Å². The quantitative estimate of drug-likeness (QED) is 0.744. The van der Waals surface area contributed by atoms with E-state index >= 15 is 0 Å². The fourth-order valence-corrected chi connectivity index (χ4v) is 1.58. The van der Waals surface area contributed by atoms with Crippen molar-refractivity contribution < 1.29 is 9.47 Å². The van der Waals surface area contributed by atoms with E-state index in [4.69, 9.17) is 9.47 Å². The van der Waals surface area contributed by atoms with Crippen LogP contribution in [0.3, 0.4) is 0 Å². The number of nitrogens with one attached hydrogen (secondary N) is 1.